The standard InChI is InChI=1S/C13H18N2O/c1-9(16)11-4-5-14-13(7-11)15-8-10-2-3-12(15)6-10/h4-5,7,9-10,12,16H,2-3,6,8H2,1H3/t9-,10?,12?/m0/s1. The summed E-state index contributed by atoms with van der Waals surface area (Å²) in [5, 5.41) is 9.58. The second-order valence-corrected chi connectivity index (χ2v) is 5.11. The number of hydrogen-bond donors (Lipinski definition) is 1. The smallest absolute Gasteiger partial charge is 0.129 e. The molecule has 1 aromatic heterocycles. The maximum absolute atomic E-state index is 9.58. The van der Waals surface area contributed by atoms with Crippen LogP contribution in [0.2, 0.25) is 0 Å². The van der Waals surface area contributed by atoms with Gasteiger partial charge in [0.1, 0.15) is 5.82 Å². The van der Waals surface area contributed by atoms with E-state index in [0.717, 1.165) is 23.8 Å². The van der Waals surface area contributed by atoms with Crippen molar-refractivity contribution < 1.29 is 5.11 Å². The summed E-state index contributed by atoms with van der Waals surface area (Å²) in [4.78, 5) is 6.85. The lowest BCUT2D eigenvalue weighted by Gasteiger charge is -2.28. The van der Waals surface area contributed by atoms with Crippen LogP contribution in [0.5, 0.6) is 0 Å². The minimum Gasteiger partial charge on any atom is -0.389 e. The van der Waals surface area contributed by atoms with Crippen LogP contribution in [-0.2, 0) is 0 Å². The first kappa shape index (κ1) is 10.1. The van der Waals surface area contributed by atoms with Crippen LogP contribution in [0.15, 0.2) is 18.3 Å². The number of piperidine rings is 1. The SMILES string of the molecule is C[C@H](O)c1ccnc(N2CC3CCC2C3)c1. The minimum absolute atomic E-state index is 0.401. The van der Waals surface area contributed by atoms with Gasteiger partial charge in [0.05, 0.1) is 6.10 Å². The van der Waals surface area contributed by atoms with Gasteiger partial charge in [-0.2, -0.15) is 0 Å². The number of anilines is 1. The van der Waals surface area contributed by atoms with Crippen LogP contribution in [0, 0.1) is 5.92 Å². The Morgan fingerprint density at radius 1 is 1.50 bits per heavy atom. The van der Waals surface area contributed by atoms with Crippen molar-refractivity contribution in [2.75, 3.05) is 11.4 Å². The highest BCUT2D eigenvalue weighted by molar-refractivity contribution is 5.44. The van der Waals surface area contributed by atoms with Crippen LogP contribution >= 0.6 is 0 Å². The third-order valence-electron chi connectivity index (χ3n) is 3.96. The molecule has 2 unspecified atom stereocenters. The maximum atomic E-state index is 9.58. The Morgan fingerprint density at radius 2 is 2.38 bits per heavy atom. The van der Waals surface area contributed by atoms with Crippen molar-refractivity contribution in [1.82, 2.24) is 4.98 Å². The highest BCUT2D eigenvalue weighted by Crippen LogP contribution is 2.39. The Bertz CT molecular complexity index is 391. The molecule has 2 aliphatic rings. The van der Waals surface area contributed by atoms with Crippen molar-refractivity contribution in [3.05, 3.63) is 23.9 Å². The lowest BCUT2D eigenvalue weighted by Crippen LogP contribution is -2.32. The van der Waals surface area contributed by atoms with E-state index in [4.69, 9.17) is 0 Å². The number of nitrogens with zero attached hydrogens (tertiary/aromatic N) is 2. The number of fused-ring (bicyclic) bond motifs is 2. The van der Waals surface area contributed by atoms with Crippen LogP contribution in [-0.4, -0.2) is 22.7 Å². The van der Waals surface area contributed by atoms with E-state index in [2.05, 4.69) is 9.88 Å². The summed E-state index contributed by atoms with van der Waals surface area (Å²) in [5.41, 5.74) is 0.966. The van der Waals surface area contributed by atoms with Crippen LogP contribution in [0.1, 0.15) is 37.9 Å². The molecule has 1 aliphatic heterocycles. The van der Waals surface area contributed by atoms with Gasteiger partial charge in [0.2, 0.25) is 0 Å². The molecule has 2 heterocycles. The number of pyridine rings is 1. The normalized spacial score (nSPS) is 29.8. The first-order valence-electron chi connectivity index (χ1n) is 6.14. The fourth-order valence-corrected chi connectivity index (χ4v) is 3.06. The Labute approximate surface area is 96.1 Å². The fourth-order valence-electron chi connectivity index (χ4n) is 3.06. The van der Waals surface area contributed by atoms with Crippen LogP contribution < -0.4 is 4.90 Å². The third kappa shape index (κ3) is 1.59. The zero-order chi connectivity index (χ0) is 11.1. The third-order valence-corrected chi connectivity index (χ3v) is 3.96. The average Bonchev–Trinajstić information content (AvgIpc) is 2.91. The second-order valence-electron chi connectivity index (χ2n) is 5.11. The summed E-state index contributed by atoms with van der Waals surface area (Å²) >= 11 is 0. The monoisotopic (exact) mass is 218 g/mol. The summed E-state index contributed by atoms with van der Waals surface area (Å²) < 4.78 is 0. The molecule has 2 bridgehead atoms. The molecule has 3 rings (SSSR count). The Kier molecular flexibility index (Phi) is 2.36. The van der Waals surface area contributed by atoms with Gasteiger partial charge in [0.25, 0.3) is 0 Å². The highest BCUT2D eigenvalue weighted by Gasteiger charge is 2.38. The van der Waals surface area contributed by atoms with Crippen molar-refractivity contribution in [2.24, 2.45) is 5.92 Å². The van der Waals surface area contributed by atoms with Crippen molar-refractivity contribution >= 4 is 5.82 Å². The van der Waals surface area contributed by atoms with E-state index in [1.165, 1.54) is 19.3 Å². The van der Waals surface area contributed by atoms with E-state index in [9.17, 15) is 5.11 Å². The predicted octanol–water partition coefficient (Wildman–Crippen LogP) is 2.12. The average molecular weight is 218 g/mol. The van der Waals surface area contributed by atoms with Gasteiger partial charge in [-0.05, 0) is 49.8 Å². The van der Waals surface area contributed by atoms with Crippen LogP contribution in [0.4, 0.5) is 5.82 Å². The van der Waals surface area contributed by atoms with Gasteiger partial charge < -0.3 is 10.0 Å². The van der Waals surface area contributed by atoms with E-state index in [1.807, 2.05) is 18.3 Å². The molecule has 3 atom stereocenters. The van der Waals surface area contributed by atoms with Gasteiger partial charge in [-0.15, -0.1) is 0 Å². The first-order chi connectivity index (χ1) is 7.74. The van der Waals surface area contributed by atoms with Gasteiger partial charge in [-0.1, -0.05) is 0 Å². The number of aliphatic hydroxyl groups is 1. The maximum Gasteiger partial charge on any atom is 0.129 e. The number of rotatable bonds is 2. The van der Waals surface area contributed by atoms with E-state index in [-0.39, 0.29) is 0 Å². The van der Waals surface area contributed by atoms with Crippen molar-refractivity contribution in [2.45, 2.75) is 38.3 Å². The van der Waals surface area contributed by atoms with E-state index >= 15 is 0 Å². The summed E-state index contributed by atoms with van der Waals surface area (Å²) in [5.74, 6) is 1.92. The second kappa shape index (κ2) is 3.74. The molecule has 2 fully saturated rings. The fraction of sp³-hybridized carbons (Fsp3) is 0.615. The zero-order valence-corrected chi connectivity index (χ0v) is 9.63. The van der Waals surface area contributed by atoms with Crippen molar-refractivity contribution in [3.8, 4) is 0 Å². The van der Waals surface area contributed by atoms with E-state index < -0.39 is 6.10 Å². The minimum atomic E-state index is -0.401. The molecule has 1 saturated carbocycles. The van der Waals surface area contributed by atoms with Crippen molar-refractivity contribution in [3.63, 3.8) is 0 Å². The molecular weight excluding hydrogens is 200 g/mol. The molecule has 0 spiro atoms. The number of aliphatic hydroxyl groups excluding tert-OH is 1. The van der Waals surface area contributed by atoms with Gasteiger partial charge in [0.15, 0.2) is 0 Å². The molecular formula is C13H18N2O. The zero-order valence-electron chi connectivity index (χ0n) is 9.63. The lowest BCUT2D eigenvalue weighted by molar-refractivity contribution is 0.199. The Morgan fingerprint density at radius 3 is 3.00 bits per heavy atom. The highest BCUT2D eigenvalue weighted by atomic mass is 16.3. The van der Waals surface area contributed by atoms with Gasteiger partial charge in [-0.3, -0.25) is 0 Å². The van der Waals surface area contributed by atoms with E-state index in [0.29, 0.717) is 6.04 Å². The number of hydrogen-bond acceptors (Lipinski definition) is 3. The summed E-state index contributed by atoms with van der Waals surface area (Å²) in [6, 6.07) is 4.62. The van der Waals surface area contributed by atoms with Crippen LogP contribution in [0.25, 0.3) is 0 Å². The molecule has 0 amide bonds. The van der Waals surface area contributed by atoms with Gasteiger partial charge in [0, 0.05) is 18.8 Å². The number of aromatic nitrogens is 1. The van der Waals surface area contributed by atoms with Gasteiger partial charge in [-0.25, -0.2) is 4.98 Å². The Hall–Kier alpha value is -1.09. The van der Waals surface area contributed by atoms with E-state index in [1.54, 1.807) is 6.92 Å². The summed E-state index contributed by atoms with van der Waals surface area (Å²) in [6.45, 7) is 2.95. The molecule has 16 heavy (non-hydrogen) atoms. The predicted molar refractivity (Wildman–Crippen MR) is 63.3 cm³/mol. The van der Waals surface area contributed by atoms with Crippen molar-refractivity contribution in [1.29, 1.82) is 0 Å². The molecule has 1 aliphatic carbocycles. The molecule has 0 radical (unpaired) electrons. The molecule has 3 heteroatoms. The molecule has 1 aromatic rings. The molecule has 3 nitrogen and oxygen atoms in total. The van der Waals surface area contributed by atoms with Gasteiger partial charge >= 0.3 is 0 Å². The molecule has 1 N–H and O–H groups in total. The molecule has 1 saturated heterocycles. The largest absolute Gasteiger partial charge is 0.389 e. The molecule has 86 valence electrons. The quantitative estimate of drug-likeness (QED) is 0.826. The molecule has 0 aromatic carbocycles. The Balaban J connectivity index is 1.86. The lowest BCUT2D eigenvalue weighted by atomic mass is 10.1. The summed E-state index contributed by atoms with van der Waals surface area (Å²) in [7, 11) is 0. The van der Waals surface area contributed by atoms with Crippen LogP contribution in [0.3, 0.4) is 0 Å². The first-order valence-corrected chi connectivity index (χ1v) is 6.14. The summed E-state index contributed by atoms with van der Waals surface area (Å²) in [6.07, 6.45) is 5.44. The topological polar surface area (TPSA) is 36.4 Å².